The zero-order chi connectivity index (χ0) is 11.7. The molecule has 5 heteroatoms. The Hall–Kier alpha value is -0.653. The average Bonchev–Trinajstić information content (AvgIpc) is 2.18. The van der Waals surface area contributed by atoms with Gasteiger partial charge in [0, 0.05) is 25.3 Å². The van der Waals surface area contributed by atoms with Gasteiger partial charge in [0.05, 0.1) is 6.61 Å². The fraction of sp³-hybridized carbons (Fsp3) is 0.700. The first-order valence-electron chi connectivity index (χ1n) is 5.15. The van der Waals surface area contributed by atoms with Gasteiger partial charge < -0.3 is 13.6 Å². The molecule has 0 aliphatic rings. The van der Waals surface area contributed by atoms with Crippen molar-refractivity contribution in [2.75, 3.05) is 19.8 Å². The molecule has 0 amide bonds. The van der Waals surface area contributed by atoms with Gasteiger partial charge in [-0.3, -0.25) is 0 Å². The van der Waals surface area contributed by atoms with Crippen LogP contribution in [0.1, 0.15) is 13.8 Å². The molecule has 0 N–H and O–H groups in total. The Balaban J connectivity index is 3.94. The summed E-state index contributed by atoms with van der Waals surface area (Å²) in [6.45, 7) is 10.7. The van der Waals surface area contributed by atoms with Gasteiger partial charge in [0.2, 0.25) is 0 Å². The number of carbonyl (C=O) groups excluding carboxylic acids is 1. The predicted molar refractivity (Wildman–Crippen MR) is 60.8 cm³/mol. The van der Waals surface area contributed by atoms with Crippen LogP contribution in [0.15, 0.2) is 12.7 Å². The van der Waals surface area contributed by atoms with Gasteiger partial charge in [0.15, 0.2) is 0 Å². The molecule has 0 saturated heterocycles. The molecule has 0 aromatic carbocycles. The molecule has 0 atom stereocenters. The van der Waals surface area contributed by atoms with E-state index in [1.54, 1.807) is 0 Å². The largest absolute Gasteiger partial charge is 0.463 e. The zero-order valence-corrected chi connectivity index (χ0v) is 10.7. The number of ether oxygens (including phenoxy) is 1. The fourth-order valence-corrected chi connectivity index (χ4v) is 3.26. The van der Waals surface area contributed by atoms with Crippen LogP contribution in [0.3, 0.4) is 0 Å². The standard InChI is InChI=1S/C10H20O4Si/c1-5-10(11)12-8-9-15(4,13-6-2)14-7-3/h5H,1,6-9H2,2-4H3. The second-order valence-corrected chi connectivity index (χ2v) is 6.47. The van der Waals surface area contributed by atoms with Crippen LogP contribution >= 0.6 is 0 Å². The maximum Gasteiger partial charge on any atom is 0.338 e. The normalized spacial score (nSPS) is 11.1. The summed E-state index contributed by atoms with van der Waals surface area (Å²) in [4.78, 5) is 10.8. The van der Waals surface area contributed by atoms with Crippen LogP contribution in [0.4, 0.5) is 0 Å². The lowest BCUT2D eigenvalue weighted by molar-refractivity contribution is -0.137. The second kappa shape index (κ2) is 7.61. The predicted octanol–water partition coefficient (Wildman–Crippen LogP) is 1.86. The van der Waals surface area contributed by atoms with Crippen molar-refractivity contribution in [3.05, 3.63) is 12.7 Å². The Morgan fingerprint density at radius 2 is 1.87 bits per heavy atom. The van der Waals surface area contributed by atoms with Crippen LogP contribution in [-0.4, -0.2) is 34.4 Å². The van der Waals surface area contributed by atoms with E-state index in [9.17, 15) is 4.79 Å². The van der Waals surface area contributed by atoms with Crippen molar-refractivity contribution in [2.24, 2.45) is 0 Å². The number of esters is 1. The Kier molecular flexibility index (Phi) is 7.28. The van der Waals surface area contributed by atoms with E-state index in [1.165, 1.54) is 0 Å². The minimum atomic E-state index is -2.14. The van der Waals surface area contributed by atoms with E-state index >= 15 is 0 Å². The summed E-state index contributed by atoms with van der Waals surface area (Å²) in [7, 11) is -2.14. The Labute approximate surface area is 92.5 Å². The number of hydrogen-bond acceptors (Lipinski definition) is 4. The molecule has 0 aromatic heterocycles. The third-order valence-electron chi connectivity index (χ3n) is 1.87. The molecular formula is C10H20O4Si. The topological polar surface area (TPSA) is 44.8 Å². The van der Waals surface area contributed by atoms with Crippen molar-refractivity contribution in [1.29, 1.82) is 0 Å². The quantitative estimate of drug-likeness (QED) is 0.364. The smallest absolute Gasteiger partial charge is 0.338 e. The van der Waals surface area contributed by atoms with Crippen LogP contribution in [0.5, 0.6) is 0 Å². The summed E-state index contributed by atoms with van der Waals surface area (Å²) < 4.78 is 16.1. The highest BCUT2D eigenvalue weighted by Gasteiger charge is 2.30. The molecule has 0 aliphatic carbocycles. The Morgan fingerprint density at radius 3 is 2.27 bits per heavy atom. The molecule has 0 spiro atoms. The number of hydrogen-bond donors (Lipinski definition) is 0. The molecule has 4 nitrogen and oxygen atoms in total. The maximum atomic E-state index is 10.8. The molecule has 0 aliphatic heterocycles. The molecule has 0 fully saturated rings. The van der Waals surface area contributed by atoms with Gasteiger partial charge in [-0.2, -0.15) is 0 Å². The van der Waals surface area contributed by atoms with Crippen LogP contribution in [0.2, 0.25) is 12.6 Å². The van der Waals surface area contributed by atoms with Crippen molar-refractivity contribution in [3.63, 3.8) is 0 Å². The van der Waals surface area contributed by atoms with E-state index < -0.39 is 14.5 Å². The molecule has 0 bridgehead atoms. The lowest BCUT2D eigenvalue weighted by Crippen LogP contribution is -2.40. The highest BCUT2D eigenvalue weighted by atomic mass is 28.4. The maximum absolute atomic E-state index is 10.8. The minimum absolute atomic E-state index is 0.327. The lowest BCUT2D eigenvalue weighted by atomic mass is 10.6. The zero-order valence-electron chi connectivity index (χ0n) is 9.75. The molecule has 0 aromatic rings. The van der Waals surface area contributed by atoms with Crippen LogP contribution in [0.25, 0.3) is 0 Å². The van der Waals surface area contributed by atoms with E-state index in [-0.39, 0.29) is 0 Å². The first-order chi connectivity index (χ1) is 7.08. The summed E-state index contributed by atoms with van der Waals surface area (Å²) in [5.74, 6) is -0.403. The summed E-state index contributed by atoms with van der Waals surface area (Å²) in [5.41, 5.74) is 0. The van der Waals surface area contributed by atoms with E-state index in [0.717, 1.165) is 6.08 Å². The van der Waals surface area contributed by atoms with E-state index in [1.807, 2.05) is 20.4 Å². The Morgan fingerprint density at radius 1 is 1.33 bits per heavy atom. The molecule has 0 radical (unpaired) electrons. The van der Waals surface area contributed by atoms with Crippen molar-refractivity contribution >= 4 is 14.5 Å². The van der Waals surface area contributed by atoms with Crippen molar-refractivity contribution in [1.82, 2.24) is 0 Å². The molecule has 0 heterocycles. The number of rotatable bonds is 8. The minimum Gasteiger partial charge on any atom is -0.463 e. The van der Waals surface area contributed by atoms with Gasteiger partial charge in [0.1, 0.15) is 0 Å². The summed E-state index contributed by atoms with van der Waals surface area (Å²) in [6.07, 6.45) is 1.15. The summed E-state index contributed by atoms with van der Waals surface area (Å²) in [5, 5.41) is 0. The van der Waals surface area contributed by atoms with E-state index in [0.29, 0.717) is 25.9 Å². The average molecular weight is 232 g/mol. The SMILES string of the molecule is C=CC(=O)OCC[Si](C)(OCC)OCC. The highest BCUT2D eigenvalue weighted by molar-refractivity contribution is 6.66. The first-order valence-corrected chi connectivity index (χ1v) is 7.67. The Bertz CT molecular complexity index is 200. The molecule has 88 valence electrons. The molecule has 15 heavy (non-hydrogen) atoms. The third kappa shape index (κ3) is 6.43. The lowest BCUT2D eigenvalue weighted by Gasteiger charge is -2.25. The van der Waals surface area contributed by atoms with Crippen LogP contribution in [-0.2, 0) is 18.4 Å². The number of carbonyl (C=O) groups is 1. The van der Waals surface area contributed by atoms with Crippen LogP contribution < -0.4 is 0 Å². The van der Waals surface area contributed by atoms with E-state index in [4.69, 9.17) is 13.6 Å². The van der Waals surface area contributed by atoms with Crippen LogP contribution in [0, 0.1) is 0 Å². The van der Waals surface area contributed by atoms with E-state index in [2.05, 4.69) is 6.58 Å². The van der Waals surface area contributed by atoms with Gasteiger partial charge in [-0.1, -0.05) is 6.58 Å². The monoisotopic (exact) mass is 232 g/mol. The molecule has 0 unspecified atom stereocenters. The molecule has 0 saturated carbocycles. The van der Waals surface area contributed by atoms with Gasteiger partial charge >= 0.3 is 14.5 Å². The fourth-order valence-electron chi connectivity index (χ4n) is 1.19. The van der Waals surface area contributed by atoms with Gasteiger partial charge in [-0.15, -0.1) is 0 Å². The molecule has 0 rings (SSSR count). The van der Waals surface area contributed by atoms with Crippen molar-refractivity contribution in [2.45, 2.75) is 26.4 Å². The van der Waals surface area contributed by atoms with Gasteiger partial charge in [-0.05, 0) is 20.4 Å². The third-order valence-corrected chi connectivity index (χ3v) is 4.78. The molecular weight excluding hydrogens is 212 g/mol. The van der Waals surface area contributed by atoms with Crippen molar-refractivity contribution in [3.8, 4) is 0 Å². The highest BCUT2D eigenvalue weighted by Crippen LogP contribution is 2.13. The second-order valence-electron chi connectivity index (χ2n) is 3.12. The summed E-state index contributed by atoms with van der Waals surface area (Å²) in [6, 6.07) is 0.647. The summed E-state index contributed by atoms with van der Waals surface area (Å²) >= 11 is 0. The first kappa shape index (κ1) is 14.3. The van der Waals surface area contributed by atoms with Crippen molar-refractivity contribution < 1.29 is 18.4 Å². The van der Waals surface area contributed by atoms with Gasteiger partial charge in [0.25, 0.3) is 0 Å². The van der Waals surface area contributed by atoms with Gasteiger partial charge in [-0.25, -0.2) is 4.79 Å².